The van der Waals surface area contributed by atoms with E-state index in [1.807, 2.05) is 0 Å². The summed E-state index contributed by atoms with van der Waals surface area (Å²) in [5, 5.41) is 9.52. The molecule has 1 nitrogen and oxygen atoms in total. The fourth-order valence-electron chi connectivity index (χ4n) is 6.64. The molecule has 3 heteroatoms. The summed E-state index contributed by atoms with van der Waals surface area (Å²) in [6.07, 6.45) is 0. The zero-order chi connectivity index (χ0) is 32.8. The Bertz CT molecular complexity index is 2220. The zero-order valence-electron chi connectivity index (χ0n) is 27.0. The SMILES string of the molecule is c1ccc(N(c2ccccc2)c2ccccc2-c2ccccc2[Si]c2cccc3cccc(P(c4ccccc4)c4ccccc4)c23)cc1. The Hall–Kier alpha value is -5.53. The summed E-state index contributed by atoms with van der Waals surface area (Å²) in [4.78, 5) is 2.37. The lowest BCUT2D eigenvalue weighted by Gasteiger charge is -2.28. The average molecular weight is 660 g/mol. The molecule has 232 valence electrons. The molecular weight excluding hydrogens is 626 g/mol. The highest BCUT2D eigenvalue weighted by Gasteiger charge is 2.22. The molecule has 0 aliphatic rings. The van der Waals surface area contributed by atoms with Crippen molar-refractivity contribution in [1.29, 1.82) is 0 Å². The van der Waals surface area contributed by atoms with Gasteiger partial charge in [0, 0.05) is 16.9 Å². The smallest absolute Gasteiger partial charge is 0.123 e. The van der Waals surface area contributed by atoms with E-state index < -0.39 is 7.92 Å². The van der Waals surface area contributed by atoms with Crippen LogP contribution in [0.4, 0.5) is 17.1 Å². The van der Waals surface area contributed by atoms with Gasteiger partial charge in [0.15, 0.2) is 0 Å². The van der Waals surface area contributed by atoms with E-state index in [1.54, 1.807) is 0 Å². The molecule has 0 unspecified atom stereocenters. The van der Waals surface area contributed by atoms with Gasteiger partial charge in [-0.2, -0.15) is 0 Å². The van der Waals surface area contributed by atoms with Crippen LogP contribution < -0.4 is 31.2 Å². The summed E-state index contributed by atoms with van der Waals surface area (Å²) in [5.41, 5.74) is 5.91. The van der Waals surface area contributed by atoms with Gasteiger partial charge in [0.05, 0.1) is 5.69 Å². The maximum atomic E-state index is 2.37. The number of benzene rings is 8. The third-order valence-electron chi connectivity index (χ3n) is 8.81. The minimum absolute atomic E-state index is 0.474. The van der Waals surface area contributed by atoms with Crippen molar-refractivity contribution in [3.05, 3.63) is 206 Å². The lowest BCUT2D eigenvalue weighted by Crippen LogP contribution is -2.32. The number of rotatable bonds is 9. The summed E-state index contributed by atoms with van der Waals surface area (Å²) in [5.74, 6) is 0. The van der Waals surface area contributed by atoms with Crippen molar-refractivity contribution >= 4 is 71.6 Å². The van der Waals surface area contributed by atoms with Crippen LogP contribution in [0.25, 0.3) is 21.9 Å². The van der Waals surface area contributed by atoms with Crippen LogP contribution in [0.3, 0.4) is 0 Å². The van der Waals surface area contributed by atoms with Crippen molar-refractivity contribution in [1.82, 2.24) is 0 Å². The monoisotopic (exact) mass is 659 g/mol. The normalized spacial score (nSPS) is 11.1. The molecule has 0 fully saturated rings. The molecule has 0 aliphatic carbocycles. The van der Waals surface area contributed by atoms with Gasteiger partial charge in [-0.25, -0.2) is 0 Å². The third kappa shape index (κ3) is 6.37. The minimum Gasteiger partial charge on any atom is -0.310 e. The molecule has 0 aromatic heterocycles. The average Bonchev–Trinajstić information content (AvgIpc) is 3.17. The van der Waals surface area contributed by atoms with Crippen LogP contribution in [0, 0.1) is 0 Å². The standard InChI is InChI=1S/C46H34NPSi/c1-5-21-36(22-6-1)47(37-23-7-2-8-24-37)42-31-15-13-29-40(42)41-30-14-16-33-44(41)49-45-34-18-20-35-19-17-32-43(46(35)45)48(38-25-9-3-10-26-38)39-27-11-4-12-28-39/h1-34H. The van der Waals surface area contributed by atoms with Gasteiger partial charge in [0.2, 0.25) is 0 Å². The molecule has 0 aliphatic heterocycles. The molecular formula is C46H34NPSi. The number of fused-ring (bicyclic) bond motifs is 1. The van der Waals surface area contributed by atoms with Gasteiger partial charge in [0.25, 0.3) is 0 Å². The van der Waals surface area contributed by atoms with Crippen molar-refractivity contribution in [2.45, 2.75) is 0 Å². The molecule has 2 radical (unpaired) electrons. The molecule has 0 heterocycles. The Morgan fingerprint density at radius 2 is 0.837 bits per heavy atom. The van der Waals surface area contributed by atoms with Crippen molar-refractivity contribution < 1.29 is 0 Å². The fraction of sp³-hybridized carbons (Fsp3) is 0. The molecule has 0 amide bonds. The van der Waals surface area contributed by atoms with Crippen LogP contribution in [0.5, 0.6) is 0 Å². The molecule has 49 heavy (non-hydrogen) atoms. The van der Waals surface area contributed by atoms with Gasteiger partial charge in [-0.1, -0.05) is 181 Å². The van der Waals surface area contributed by atoms with E-state index in [0.29, 0.717) is 9.52 Å². The van der Waals surface area contributed by atoms with Crippen molar-refractivity contribution in [3.63, 3.8) is 0 Å². The van der Waals surface area contributed by atoms with E-state index in [1.165, 1.54) is 48.2 Å². The highest BCUT2D eigenvalue weighted by atomic mass is 31.1. The van der Waals surface area contributed by atoms with Crippen LogP contribution in [-0.2, 0) is 0 Å². The number of hydrogen-bond acceptors (Lipinski definition) is 1. The lowest BCUT2D eigenvalue weighted by atomic mass is 10.0. The third-order valence-corrected chi connectivity index (χ3v) is 12.7. The minimum atomic E-state index is -0.756. The summed E-state index contributed by atoms with van der Waals surface area (Å²) in [6, 6.07) is 74.9. The number of para-hydroxylation sites is 3. The van der Waals surface area contributed by atoms with E-state index in [4.69, 9.17) is 0 Å². The Morgan fingerprint density at radius 1 is 0.367 bits per heavy atom. The first-order valence-electron chi connectivity index (χ1n) is 16.6. The van der Waals surface area contributed by atoms with Gasteiger partial charge >= 0.3 is 0 Å². The van der Waals surface area contributed by atoms with E-state index in [0.717, 1.165) is 17.1 Å². The molecule has 0 bridgehead atoms. The molecule has 0 N–H and O–H groups in total. The lowest BCUT2D eigenvalue weighted by molar-refractivity contribution is 1.28. The van der Waals surface area contributed by atoms with Gasteiger partial charge in [0.1, 0.15) is 9.52 Å². The zero-order valence-corrected chi connectivity index (χ0v) is 28.9. The molecule has 0 atom stereocenters. The maximum Gasteiger partial charge on any atom is 0.123 e. The predicted octanol–water partition coefficient (Wildman–Crippen LogP) is 9.39. The van der Waals surface area contributed by atoms with E-state index >= 15 is 0 Å². The van der Waals surface area contributed by atoms with Crippen LogP contribution in [0.1, 0.15) is 0 Å². The van der Waals surface area contributed by atoms with E-state index in [2.05, 4.69) is 211 Å². The first kappa shape index (κ1) is 30.8. The largest absolute Gasteiger partial charge is 0.310 e. The Kier molecular flexibility index (Phi) is 8.98. The van der Waals surface area contributed by atoms with Crippen LogP contribution in [0.15, 0.2) is 206 Å². The maximum absolute atomic E-state index is 2.37. The second-order valence-corrected chi connectivity index (χ2v) is 15.4. The van der Waals surface area contributed by atoms with Gasteiger partial charge < -0.3 is 4.90 Å². The molecule has 8 rings (SSSR count). The Labute approximate surface area is 292 Å². The number of nitrogens with zero attached hydrogens (tertiary/aromatic N) is 1. The highest BCUT2D eigenvalue weighted by Crippen LogP contribution is 2.40. The first-order valence-corrected chi connectivity index (χ1v) is 19.0. The van der Waals surface area contributed by atoms with E-state index in [9.17, 15) is 0 Å². The van der Waals surface area contributed by atoms with Crippen molar-refractivity contribution in [2.24, 2.45) is 0 Å². The van der Waals surface area contributed by atoms with Crippen LogP contribution in [-0.4, -0.2) is 9.52 Å². The molecule has 8 aromatic rings. The molecule has 8 aromatic carbocycles. The van der Waals surface area contributed by atoms with Gasteiger partial charge in [-0.3, -0.25) is 0 Å². The van der Waals surface area contributed by atoms with Crippen LogP contribution >= 0.6 is 7.92 Å². The van der Waals surface area contributed by atoms with Crippen molar-refractivity contribution in [3.8, 4) is 11.1 Å². The van der Waals surface area contributed by atoms with Gasteiger partial charge in [-0.05, 0) is 75.7 Å². The quantitative estimate of drug-likeness (QED) is 0.110. The molecule has 0 saturated carbocycles. The van der Waals surface area contributed by atoms with Crippen LogP contribution in [0.2, 0.25) is 0 Å². The summed E-state index contributed by atoms with van der Waals surface area (Å²) < 4.78 is 0. The topological polar surface area (TPSA) is 3.24 Å². The summed E-state index contributed by atoms with van der Waals surface area (Å²) in [6.45, 7) is 0. The summed E-state index contributed by atoms with van der Waals surface area (Å²) in [7, 11) is -0.282. The number of anilines is 3. The van der Waals surface area contributed by atoms with Gasteiger partial charge in [-0.15, -0.1) is 0 Å². The Morgan fingerprint density at radius 3 is 1.45 bits per heavy atom. The second kappa shape index (κ2) is 14.3. The molecule has 0 saturated heterocycles. The predicted molar refractivity (Wildman–Crippen MR) is 214 cm³/mol. The number of hydrogen-bond donors (Lipinski definition) is 0. The highest BCUT2D eigenvalue weighted by molar-refractivity contribution is 7.80. The van der Waals surface area contributed by atoms with E-state index in [-0.39, 0.29) is 0 Å². The fourth-order valence-corrected chi connectivity index (χ4v) is 10.7. The Balaban J connectivity index is 1.28. The van der Waals surface area contributed by atoms with Crippen molar-refractivity contribution in [2.75, 3.05) is 4.90 Å². The summed E-state index contributed by atoms with van der Waals surface area (Å²) >= 11 is 0. The first-order chi connectivity index (χ1) is 24.3. The second-order valence-electron chi connectivity index (χ2n) is 11.9. The molecule has 0 spiro atoms.